The van der Waals surface area contributed by atoms with Crippen LogP contribution in [0.25, 0.3) is 0 Å². The molecule has 2 rings (SSSR count). The van der Waals surface area contributed by atoms with E-state index < -0.39 is 41.9 Å². The van der Waals surface area contributed by atoms with Crippen LogP contribution in [-0.4, -0.2) is 48.4 Å². The molecule has 0 heterocycles. The third-order valence-electron chi connectivity index (χ3n) is 6.52. The van der Waals surface area contributed by atoms with Gasteiger partial charge in [-0.2, -0.15) is 0 Å². The Morgan fingerprint density at radius 3 is 2.09 bits per heavy atom. The van der Waals surface area contributed by atoms with Crippen LogP contribution in [0.5, 0.6) is 0 Å². The van der Waals surface area contributed by atoms with Gasteiger partial charge in [0.25, 0.3) is 0 Å². The highest BCUT2D eigenvalue weighted by Crippen LogP contribution is 2.18. The Balaban J connectivity index is 2.20. The molecule has 0 saturated carbocycles. The van der Waals surface area contributed by atoms with Crippen molar-refractivity contribution >= 4 is 29.7 Å². The second-order valence-electron chi connectivity index (χ2n) is 10.7. The molecule has 3 amide bonds. The lowest BCUT2D eigenvalue weighted by molar-refractivity contribution is -0.137. The van der Waals surface area contributed by atoms with Crippen molar-refractivity contribution in [2.75, 3.05) is 6.61 Å². The number of esters is 1. The van der Waals surface area contributed by atoms with Crippen molar-refractivity contribution in [2.24, 2.45) is 17.6 Å². The molecule has 4 N–H and O–H groups in total. The Labute approximate surface area is 253 Å². The molecule has 0 spiro atoms. The van der Waals surface area contributed by atoms with Gasteiger partial charge in [0.1, 0.15) is 6.61 Å². The number of amides is 3. The SMILES string of the molecule is CCOC(=O)/C=C/[C@H](CCC(N)=O)NC(=O)[C@@H](CC(=O)[C@H](CC(C)C)NC(=O)OCc1ccccc1)Cc1ccccc1. The van der Waals surface area contributed by atoms with Gasteiger partial charge < -0.3 is 25.8 Å². The van der Waals surface area contributed by atoms with Crippen molar-refractivity contribution in [3.63, 3.8) is 0 Å². The fourth-order valence-electron chi connectivity index (χ4n) is 4.39. The van der Waals surface area contributed by atoms with Crippen LogP contribution in [0, 0.1) is 11.8 Å². The van der Waals surface area contributed by atoms with Crippen LogP contribution in [0.1, 0.15) is 57.6 Å². The number of hydrogen-bond donors (Lipinski definition) is 3. The van der Waals surface area contributed by atoms with E-state index in [1.165, 1.54) is 12.2 Å². The molecule has 43 heavy (non-hydrogen) atoms. The monoisotopic (exact) mass is 593 g/mol. The first-order valence-electron chi connectivity index (χ1n) is 14.5. The minimum atomic E-state index is -0.858. The quantitative estimate of drug-likeness (QED) is 0.174. The molecule has 0 unspecified atom stereocenters. The van der Waals surface area contributed by atoms with Crippen molar-refractivity contribution < 1.29 is 33.4 Å². The van der Waals surface area contributed by atoms with Gasteiger partial charge >= 0.3 is 12.1 Å². The predicted molar refractivity (Wildman–Crippen MR) is 162 cm³/mol. The third-order valence-corrected chi connectivity index (χ3v) is 6.52. The zero-order valence-electron chi connectivity index (χ0n) is 25.1. The summed E-state index contributed by atoms with van der Waals surface area (Å²) < 4.78 is 10.3. The van der Waals surface area contributed by atoms with Gasteiger partial charge in [-0.05, 0) is 43.2 Å². The zero-order chi connectivity index (χ0) is 31.6. The normalized spacial score (nSPS) is 13.1. The second kappa shape index (κ2) is 18.9. The molecule has 2 aromatic carbocycles. The molecule has 0 fully saturated rings. The minimum Gasteiger partial charge on any atom is -0.463 e. The molecule has 0 aromatic heterocycles. The van der Waals surface area contributed by atoms with Crippen molar-refractivity contribution in [2.45, 2.75) is 71.6 Å². The standard InChI is InChI=1S/C33H43N3O7/c1-4-42-31(39)18-16-27(15-17-30(34)38)35-32(40)26(20-24-11-7-5-8-12-24)21-29(37)28(19-23(2)3)36-33(41)43-22-25-13-9-6-10-14-25/h5-14,16,18,23,26-28H,4,15,17,19-22H2,1-3H3,(H2,34,38)(H,35,40)(H,36,41)/b18-16+/t26-,27+,28+/m1/s1. The number of benzene rings is 2. The summed E-state index contributed by atoms with van der Waals surface area (Å²) >= 11 is 0. The van der Waals surface area contributed by atoms with E-state index in [0.717, 1.165) is 11.1 Å². The highest BCUT2D eigenvalue weighted by Gasteiger charge is 2.29. The topological polar surface area (TPSA) is 154 Å². The molecule has 3 atom stereocenters. The summed E-state index contributed by atoms with van der Waals surface area (Å²) in [4.78, 5) is 63.1. The van der Waals surface area contributed by atoms with Gasteiger partial charge in [-0.3, -0.25) is 14.4 Å². The van der Waals surface area contributed by atoms with Crippen LogP contribution in [0.15, 0.2) is 72.8 Å². The fourth-order valence-corrected chi connectivity index (χ4v) is 4.39. The molecule has 2 aromatic rings. The van der Waals surface area contributed by atoms with E-state index in [1.807, 2.05) is 74.5 Å². The molecule has 0 aliphatic rings. The van der Waals surface area contributed by atoms with Gasteiger partial charge in [0.2, 0.25) is 11.8 Å². The van der Waals surface area contributed by atoms with E-state index in [-0.39, 0.29) is 50.6 Å². The molecular formula is C33H43N3O7. The predicted octanol–water partition coefficient (Wildman–Crippen LogP) is 4.02. The van der Waals surface area contributed by atoms with Crippen LogP contribution < -0.4 is 16.4 Å². The van der Waals surface area contributed by atoms with E-state index in [0.29, 0.717) is 6.42 Å². The molecular weight excluding hydrogens is 550 g/mol. The van der Waals surface area contributed by atoms with Gasteiger partial charge in [-0.25, -0.2) is 9.59 Å². The van der Waals surface area contributed by atoms with Crippen LogP contribution in [0.4, 0.5) is 4.79 Å². The number of alkyl carbamates (subject to hydrolysis) is 1. The third kappa shape index (κ3) is 14.3. The maximum atomic E-state index is 13.6. The second-order valence-corrected chi connectivity index (χ2v) is 10.7. The van der Waals surface area contributed by atoms with Crippen LogP contribution in [0.3, 0.4) is 0 Å². The first-order chi connectivity index (χ1) is 20.6. The maximum absolute atomic E-state index is 13.6. The van der Waals surface area contributed by atoms with E-state index in [9.17, 15) is 24.0 Å². The Hall–Kier alpha value is -4.47. The molecule has 0 aliphatic carbocycles. The Bertz CT molecular complexity index is 1220. The summed E-state index contributed by atoms with van der Waals surface area (Å²) in [6.45, 7) is 5.79. The summed E-state index contributed by atoms with van der Waals surface area (Å²) in [5, 5.41) is 5.54. The van der Waals surface area contributed by atoms with Crippen molar-refractivity contribution in [1.82, 2.24) is 10.6 Å². The number of primary amides is 1. The lowest BCUT2D eigenvalue weighted by Crippen LogP contribution is -2.45. The zero-order valence-corrected chi connectivity index (χ0v) is 25.1. The average molecular weight is 594 g/mol. The molecule has 232 valence electrons. The fraction of sp³-hybridized carbons (Fsp3) is 0.424. The molecule has 0 saturated heterocycles. The summed E-state index contributed by atoms with van der Waals surface area (Å²) in [5.41, 5.74) is 6.97. The number of hydrogen-bond acceptors (Lipinski definition) is 7. The number of nitrogens with one attached hydrogen (secondary N) is 2. The van der Waals surface area contributed by atoms with E-state index >= 15 is 0 Å². The van der Waals surface area contributed by atoms with Gasteiger partial charge in [-0.15, -0.1) is 0 Å². The van der Waals surface area contributed by atoms with Crippen molar-refractivity contribution in [1.29, 1.82) is 0 Å². The van der Waals surface area contributed by atoms with Gasteiger partial charge in [0.05, 0.1) is 12.6 Å². The number of carbonyl (C=O) groups excluding carboxylic acids is 5. The van der Waals surface area contributed by atoms with Gasteiger partial charge in [0, 0.05) is 30.9 Å². The Morgan fingerprint density at radius 1 is 0.884 bits per heavy atom. The number of Topliss-reactive ketones (excluding diaryl/α,β-unsaturated/α-hetero) is 1. The smallest absolute Gasteiger partial charge is 0.408 e. The molecule has 10 nitrogen and oxygen atoms in total. The van der Waals surface area contributed by atoms with Crippen LogP contribution in [-0.2, 0) is 41.7 Å². The van der Waals surface area contributed by atoms with Crippen molar-refractivity contribution in [3.05, 3.63) is 83.9 Å². The Morgan fingerprint density at radius 2 is 1.51 bits per heavy atom. The molecule has 0 bridgehead atoms. The van der Waals surface area contributed by atoms with Gasteiger partial charge in [0.15, 0.2) is 5.78 Å². The summed E-state index contributed by atoms with van der Waals surface area (Å²) in [6.07, 6.45) is 2.53. The van der Waals surface area contributed by atoms with Crippen LogP contribution >= 0.6 is 0 Å². The lowest BCUT2D eigenvalue weighted by atomic mass is 9.89. The molecule has 10 heteroatoms. The maximum Gasteiger partial charge on any atom is 0.408 e. The summed E-state index contributed by atoms with van der Waals surface area (Å²) in [6, 6.07) is 16.9. The van der Waals surface area contributed by atoms with E-state index in [2.05, 4.69) is 10.6 Å². The number of ether oxygens (including phenoxy) is 2. The van der Waals surface area contributed by atoms with E-state index in [4.69, 9.17) is 15.2 Å². The van der Waals surface area contributed by atoms with Crippen LogP contribution in [0.2, 0.25) is 0 Å². The first kappa shape index (κ1) is 34.7. The molecule has 0 aliphatic heterocycles. The largest absolute Gasteiger partial charge is 0.463 e. The highest BCUT2D eigenvalue weighted by atomic mass is 16.5. The Kier molecular flexibility index (Phi) is 15.2. The average Bonchev–Trinajstić information content (AvgIpc) is 2.97. The number of carbonyl (C=O) groups is 5. The number of ketones is 1. The van der Waals surface area contributed by atoms with Gasteiger partial charge in [-0.1, -0.05) is 80.6 Å². The highest BCUT2D eigenvalue weighted by molar-refractivity contribution is 5.92. The minimum absolute atomic E-state index is 0.0220. The number of nitrogens with two attached hydrogens (primary N) is 1. The summed E-state index contributed by atoms with van der Waals surface area (Å²) in [5.74, 6) is -2.60. The van der Waals surface area contributed by atoms with Crippen molar-refractivity contribution in [3.8, 4) is 0 Å². The lowest BCUT2D eigenvalue weighted by Gasteiger charge is -2.24. The van der Waals surface area contributed by atoms with E-state index in [1.54, 1.807) is 6.92 Å². The molecule has 0 radical (unpaired) electrons. The number of rotatable bonds is 18. The first-order valence-corrected chi connectivity index (χ1v) is 14.5. The summed E-state index contributed by atoms with van der Waals surface area (Å²) in [7, 11) is 0.